The lowest BCUT2D eigenvalue weighted by Gasteiger charge is -2.32. The quantitative estimate of drug-likeness (QED) is 0.701. The van der Waals surface area contributed by atoms with Gasteiger partial charge < -0.3 is 15.5 Å². The maximum absolute atomic E-state index is 13.7. The Hall–Kier alpha value is -1.79. The lowest BCUT2D eigenvalue weighted by Crippen LogP contribution is -2.43. The Kier molecular flexibility index (Phi) is 5.44. The maximum atomic E-state index is 13.7. The van der Waals surface area contributed by atoms with Crippen molar-refractivity contribution in [3.05, 3.63) is 47.0 Å². The predicted molar refractivity (Wildman–Crippen MR) is 94.2 cm³/mol. The number of carboxylic acid groups (broad SMARTS) is 1. The molecular formula is C20H25F2NO3. The first-order chi connectivity index (χ1) is 12.3. The van der Waals surface area contributed by atoms with Gasteiger partial charge in [-0.25, -0.2) is 13.6 Å². The monoisotopic (exact) mass is 365 g/mol. The van der Waals surface area contributed by atoms with E-state index in [0.29, 0.717) is 12.0 Å². The third-order valence-electron chi connectivity index (χ3n) is 5.60. The molecule has 1 aliphatic carbocycles. The summed E-state index contributed by atoms with van der Waals surface area (Å²) in [4.78, 5) is 12.0. The smallest absolute Gasteiger partial charge is 0.340 e. The predicted octanol–water partition coefficient (Wildman–Crippen LogP) is 3.25. The van der Waals surface area contributed by atoms with Crippen LogP contribution in [0, 0.1) is 5.92 Å². The van der Waals surface area contributed by atoms with Crippen molar-refractivity contribution in [3.63, 3.8) is 0 Å². The number of allylic oxidation sites excluding steroid dienone is 1. The van der Waals surface area contributed by atoms with Gasteiger partial charge in [0, 0.05) is 18.8 Å². The first-order valence-electron chi connectivity index (χ1n) is 9.13. The van der Waals surface area contributed by atoms with Gasteiger partial charge in [-0.1, -0.05) is 35.9 Å². The summed E-state index contributed by atoms with van der Waals surface area (Å²) in [5.74, 6) is -5.37. The van der Waals surface area contributed by atoms with Crippen molar-refractivity contribution in [1.82, 2.24) is 5.32 Å². The average Bonchev–Trinajstić information content (AvgIpc) is 3.00. The van der Waals surface area contributed by atoms with E-state index in [1.54, 1.807) is 24.3 Å². The lowest BCUT2D eigenvalue weighted by atomic mass is 9.77. The molecule has 0 aromatic heterocycles. The molecular weight excluding hydrogens is 340 g/mol. The second-order valence-electron chi connectivity index (χ2n) is 7.34. The zero-order chi connectivity index (χ0) is 18.8. The number of halogens is 2. The van der Waals surface area contributed by atoms with Crippen LogP contribution in [0.5, 0.6) is 0 Å². The minimum Gasteiger partial charge on any atom is -0.479 e. The maximum Gasteiger partial charge on any atom is 0.340 e. The van der Waals surface area contributed by atoms with Crippen LogP contribution in [-0.2, 0) is 16.8 Å². The molecule has 4 nitrogen and oxygen atoms in total. The molecule has 3 N–H and O–H groups in total. The third kappa shape index (κ3) is 3.81. The molecule has 1 saturated heterocycles. The van der Waals surface area contributed by atoms with E-state index in [-0.39, 0.29) is 18.4 Å². The third-order valence-corrected chi connectivity index (χ3v) is 5.60. The molecule has 1 saturated carbocycles. The fourth-order valence-corrected chi connectivity index (χ4v) is 4.09. The first-order valence-corrected chi connectivity index (χ1v) is 9.13. The fourth-order valence-electron chi connectivity index (χ4n) is 4.09. The standard InChI is InChI=1S/C20H25F2NO3/c21-19(22)10-7-16(13-19)20(26,18(24)25)17-4-2-1-3-15(17)6-5-14-8-11-23-12-9-14/h1-5,16,23,26H,6-13H2,(H,24,25)/t16-,20-/m1/s1. The summed E-state index contributed by atoms with van der Waals surface area (Å²) in [5, 5.41) is 24.1. The molecule has 0 amide bonds. The van der Waals surface area contributed by atoms with Crippen LogP contribution >= 0.6 is 0 Å². The number of benzene rings is 1. The van der Waals surface area contributed by atoms with Gasteiger partial charge in [-0.3, -0.25) is 0 Å². The van der Waals surface area contributed by atoms with E-state index < -0.39 is 29.8 Å². The Labute approximate surface area is 151 Å². The van der Waals surface area contributed by atoms with E-state index in [1.807, 2.05) is 0 Å². The van der Waals surface area contributed by atoms with Gasteiger partial charge in [0.15, 0.2) is 5.60 Å². The van der Waals surface area contributed by atoms with Crippen LogP contribution in [0.3, 0.4) is 0 Å². The molecule has 3 rings (SSSR count). The summed E-state index contributed by atoms with van der Waals surface area (Å²) in [6, 6.07) is 6.76. The molecule has 2 atom stereocenters. The molecule has 0 unspecified atom stereocenters. The molecule has 1 heterocycles. The van der Waals surface area contributed by atoms with Gasteiger partial charge in [-0.15, -0.1) is 0 Å². The zero-order valence-corrected chi connectivity index (χ0v) is 14.7. The topological polar surface area (TPSA) is 69.6 Å². The SMILES string of the molecule is O=C(O)[C@](O)(c1ccccc1CC=C1CCNCC1)[C@@H]1CCC(F)(F)C1. The fraction of sp³-hybridized carbons (Fsp3) is 0.550. The highest BCUT2D eigenvalue weighted by molar-refractivity contribution is 5.80. The number of carboxylic acids is 1. The molecule has 1 aromatic rings. The number of rotatable bonds is 5. The number of aliphatic carboxylic acids is 1. The van der Waals surface area contributed by atoms with Gasteiger partial charge in [0.1, 0.15) is 0 Å². The number of hydrogen-bond donors (Lipinski definition) is 3. The van der Waals surface area contributed by atoms with Gasteiger partial charge in [0.05, 0.1) is 0 Å². The average molecular weight is 365 g/mol. The van der Waals surface area contributed by atoms with Crippen LogP contribution in [0.2, 0.25) is 0 Å². The Balaban J connectivity index is 1.91. The van der Waals surface area contributed by atoms with E-state index >= 15 is 0 Å². The van der Waals surface area contributed by atoms with Crippen molar-refractivity contribution >= 4 is 5.97 Å². The Morgan fingerprint density at radius 1 is 1.31 bits per heavy atom. The lowest BCUT2D eigenvalue weighted by molar-refractivity contribution is -0.167. The number of hydrogen-bond acceptors (Lipinski definition) is 3. The van der Waals surface area contributed by atoms with Crippen molar-refractivity contribution in [2.24, 2.45) is 5.92 Å². The Morgan fingerprint density at radius 3 is 2.62 bits per heavy atom. The van der Waals surface area contributed by atoms with Crippen LogP contribution in [0.4, 0.5) is 8.78 Å². The Morgan fingerprint density at radius 2 is 2.00 bits per heavy atom. The molecule has 6 heteroatoms. The van der Waals surface area contributed by atoms with E-state index in [1.165, 1.54) is 5.57 Å². The van der Waals surface area contributed by atoms with Gasteiger partial charge in [-0.2, -0.15) is 0 Å². The summed E-state index contributed by atoms with van der Waals surface area (Å²) in [5.41, 5.74) is -0.0761. The van der Waals surface area contributed by atoms with Gasteiger partial charge in [0.25, 0.3) is 0 Å². The highest BCUT2D eigenvalue weighted by Gasteiger charge is 2.54. The summed E-state index contributed by atoms with van der Waals surface area (Å²) >= 11 is 0. The normalized spacial score (nSPS) is 24.9. The summed E-state index contributed by atoms with van der Waals surface area (Å²) in [6.07, 6.45) is 3.47. The molecule has 1 aromatic carbocycles. The van der Waals surface area contributed by atoms with Crippen molar-refractivity contribution in [3.8, 4) is 0 Å². The van der Waals surface area contributed by atoms with Crippen LogP contribution in [0.1, 0.15) is 43.2 Å². The molecule has 1 aliphatic heterocycles. The summed E-state index contributed by atoms with van der Waals surface area (Å²) in [6.45, 7) is 1.84. The number of carbonyl (C=O) groups is 1. The minimum absolute atomic E-state index is 0.00308. The highest BCUT2D eigenvalue weighted by atomic mass is 19.3. The first kappa shape index (κ1) is 19.0. The number of nitrogens with one attached hydrogen (secondary N) is 1. The summed E-state index contributed by atoms with van der Waals surface area (Å²) < 4.78 is 27.4. The van der Waals surface area contributed by atoms with E-state index in [0.717, 1.165) is 25.9 Å². The van der Waals surface area contributed by atoms with Crippen molar-refractivity contribution in [2.45, 2.75) is 50.0 Å². The second-order valence-corrected chi connectivity index (χ2v) is 7.34. The van der Waals surface area contributed by atoms with E-state index in [2.05, 4.69) is 11.4 Å². The van der Waals surface area contributed by atoms with Gasteiger partial charge in [-0.05, 0) is 49.9 Å². The zero-order valence-electron chi connectivity index (χ0n) is 14.7. The van der Waals surface area contributed by atoms with Crippen LogP contribution in [-0.4, -0.2) is 35.2 Å². The van der Waals surface area contributed by atoms with E-state index in [4.69, 9.17) is 0 Å². The van der Waals surface area contributed by atoms with Gasteiger partial charge in [0.2, 0.25) is 5.92 Å². The number of piperidine rings is 1. The molecule has 0 radical (unpaired) electrons. The molecule has 0 spiro atoms. The van der Waals surface area contributed by atoms with Crippen LogP contribution < -0.4 is 5.32 Å². The largest absolute Gasteiger partial charge is 0.479 e. The number of aliphatic hydroxyl groups is 1. The molecule has 2 aliphatic rings. The van der Waals surface area contributed by atoms with Crippen molar-refractivity contribution in [1.29, 1.82) is 0 Å². The van der Waals surface area contributed by atoms with Crippen molar-refractivity contribution in [2.75, 3.05) is 13.1 Å². The molecule has 0 bridgehead atoms. The van der Waals surface area contributed by atoms with Gasteiger partial charge >= 0.3 is 5.97 Å². The second kappa shape index (κ2) is 7.45. The Bertz CT molecular complexity index is 696. The van der Waals surface area contributed by atoms with Crippen LogP contribution in [0.25, 0.3) is 0 Å². The number of alkyl halides is 2. The molecule has 26 heavy (non-hydrogen) atoms. The van der Waals surface area contributed by atoms with Crippen LogP contribution in [0.15, 0.2) is 35.9 Å². The summed E-state index contributed by atoms with van der Waals surface area (Å²) in [7, 11) is 0. The van der Waals surface area contributed by atoms with Crippen molar-refractivity contribution < 1.29 is 23.8 Å². The molecule has 2 fully saturated rings. The van der Waals surface area contributed by atoms with E-state index in [9.17, 15) is 23.8 Å². The minimum atomic E-state index is -2.92. The highest BCUT2D eigenvalue weighted by Crippen LogP contribution is 2.48. The molecule has 142 valence electrons.